The van der Waals surface area contributed by atoms with Crippen molar-refractivity contribution in [3.05, 3.63) is 106 Å². The average molecular weight is 350 g/mol. The van der Waals surface area contributed by atoms with Crippen LogP contribution in [0.25, 0.3) is 0 Å². The zero-order valence-corrected chi connectivity index (χ0v) is 14.1. The first-order valence-corrected chi connectivity index (χ1v) is 8.18. The Bertz CT molecular complexity index is 887. The molecule has 0 aliphatic heterocycles. The number of benzene rings is 3. The third-order valence-corrected chi connectivity index (χ3v) is 4.28. The van der Waals surface area contributed by atoms with Crippen molar-refractivity contribution in [3.63, 3.8) is 0 Å². The number of rotatable bonds is 5. The Morgan fingerprint density at radius 3 is 1.72 bits per heavy atom. The third-order valence-electron chi connectivity index (χ3n) is 4.03. The predicted octanol–water partition coefficient (Wildman–Crippen LogP) is 4.19. The monoisotopic (exact) mass is 349 g/mol. The van der Waals surface area contributed by atoms with Gasteiger partial charge >= 0.3 is 0 Å². The van der Waals surface area contributed by atoms with Crippen LogP contribution in [0.4, 0.5) is 0 Å². The molecule has 4 heteroatoms. The molecule has 0 aliphatic rings. The maximum Gasteiger partial charge on any atom is 0.229 e. The van der Waals surface area contributed by atoms with E-state index in [1.54, 1.807) is 60.7 Å². The van der Waals surface area contributed by atoms with Crippen molar-refractivity contribution >= 4 is 23.3 Å². The van der Waals surface area contributed by atoms with E-state index in [0.29, 0.717) is 16.1 Å². The smallest absolute Gasteiger partial charge is 0.229 e. The molecule has 0 fully saturated rings. The molecule has 3 aromatic rings. The Hall–Kier alpha value is -2.91. The second-order valence-corrected chi connectivity index (χ2v) is 6.14. The van der Waals surface area contributed by atoms with Gasteiger partial charge < -0.3 is 5.73 Å². The summed E-state index contributed by atoms with van der Waals surface area (Å²) in [6.07, 6.45) is 0. The van der Waals surface area contributed by atoms with Crippen LogP contribution in [0.2, 0.25) is 5.02 Å². The average Bonchev–Trinajstić information content (AvgIpc) is 2.64. The van der Waals surface area contributed by atoms with E-state index < -0.39 is 11.8 Å². The van der Waals surface area contributed by atoms with Gasteiger partial charge in [-0.2, -0.15) is 0 Å². The first kappa shape index (κ1) is 16.9. The fraction of sp³-hybridized carbons (Fsp3) is 0.0476. The molecule has 124 valence electrons. The van der Waals surface area contributed by atoms with Crippen molar-refractivity contribution in [1.29, 1.82) is 0 Å². The lowest BCUT2D eigenvalue weighted by Crippen LogP contribution is -2.22. The lowest BCUT2D eigenvalue weighted by atomic mass is 9.89. The van der Waals surface area contributed by atoms with Gasteiger partial charge in [-0.15, -0.1) is 0 Å². The van der Waals surface area contributed by atoms with E-state index in [1.165, 1.54) is 0 Å². The summed E-state index contributed by atoms with van der Waals surface area (Å²) in [5.41, 5.74) is 8.28. The van der Waals surface area contributed by atoms with Gasteiger partial charge in [-0.05, 0) is 23.3 Å². The summed E-state index contributed by atoms with van der Waals surface area (Å²) in [4.78, 5) is 24.4. The molecule has 3 nitrogen and oxygen atoms in total. The number of nitrogens with two attached hydrogens (primary N) is 1. The number of carbonyl (C=O) groups is 2. The summed E-state index contributed by atoms with van der Waals surface area (Å²) in [7, 11) is 0. The molecule has 0 saturated carbocycles. The molecule has 0 aliphatic carbocycles. The quantitative estimate of drug-likeness (QED) is 0.702. The number of primary amides is 1. The van der Waals surface area contributed by atoms with Crippen molar-refractivity contribution in [2.45, 2.75) is 5.92 Å². The molecule has 0 bridgehead atoms. The lowest BCUT2D eigenvalue weighted by Gasteiger charge is -2.15. The largest absolute Gasteiger partial charge is 0.369 e. The molecule has 25 heavy (non-hydrogen) atoms. The normalized spacial score (nSPS) is 11.7. The van der Waals surface area contributed by atoms with Crippen LogP contribution in [-0.2, 0) is 4.79 Å². The molecule has 2 N–H and O–H groups in total. The van der Waals surface area contributed by atoms with Crippen LogP contribution in [-0.4, -0.2) is 11.7 Å². The van der Waals surface area contributed by atoms with Crippen molar-refractivity contribution in [3.8, 4) is 0 Å². The summed E-state index contributed by atoms with van der Waals surface area (Å²) in [6, 6.07) is 23.0. The molecule has 0 heterocycles. The van der Waals surface area contributed by atoms with Gasteiger partial charge in [0.1, 0.15) is 0 Å². The highest BCUT2D eigenvalue weighted by atomic mass is 35.5. The number of hydrogen-bond acceptors (Lipinski definition) is 2. The molecule has 0 unspecified atom stereocenters. The maximum atomic E-state index is 12.5. The van der Waals surface area contributed by atoms with Gasteiger partial charge in [-0.1, -0.05) is 78.3 Å². The first-order valence-electron chi connectivity index (χ1n) is 7.81. The number of carbonyl (C=O) groups excluding carboxylic acids is 2. The minimum Gasteiger partial charge on any atom is -0.369 e. The number of ketones is 1. The summed E-state index contributed by atoms with van der Waals surface area (Å²) in [6.45, 7) is 0. The zero-order valence-electron chi connectivity index (χ0n) is 13.4. The van der Waals surface area contributed by atoms with Crippen LogP contribution in [0.5, 0.6) is 0 Å². The Balaban J connectivity index is 1.91. The molecular formula is C21H16ClNO2. The van der Waals surface area contributed by atoms with E-state index in [-0.39, 0.29) is 5.78 Å². The number of amides is 1. The van der Waals surface area contributed by atoms with Crippen LogP contribution in [0.15, 0.2) is 78.9 Å². The van der Waals surface area contributed by atoms with E-state index in [2.05, 4.69) is 0 Å². The molecule has 0 spiro atoms. The van der Waals surface area contributed by atoms with E-state index in [0.717, 1.165) is 11.1 Å². The molecule has 0 radical (unpaired) electrons. The van der Waals surface area contributed by atoms with Crippen molar-refractivity contribution in [2.24, 2.45) is 5.73 Å². The van der Waals surface area contributed by atoms with E-state index in [1.807, 2.05) is 18.2 Å². The predicted molar refractivity (Wildman–Crippen MR) is 98.8 cm³/mol. The van der Waals surface area contributed by atoms with E-state index in [4.69, 9.17) is 17.3 Å². The highest BCUT2D eigenvalue weighted by Gasteiger charge is 2.20. The highest BCUT2D eigenvalue weighted by molar-refractivity contribution is 6.30. The Morgan fingerprint density at radius 2 is 1.20 bits per heavy atom. The van der Waals surface area contributed by atoms with Gasteiger partial charge in [0, 0.05) is 16.1 Å². The fourth-order valence-corrected chi connectivity index (χ4v) is 2.89. The molecule has 0 aromatic heterocycles. The van der Waals surface area contributed by atoms with E-state index >= 15 is 0 Å². The summed E-state index contributed by atoms with van der Waals surface area (Å²) in [5, 5.41) is 0.593. The Labute approximate surface area is 151 Å². The molecule has 3 aromatic carbocycles. The second kappa shape index (κ2) is 7.32. The second-order valence-electron chi connectivity index (χ2n) is 5.70. The molecule has 3 rings (SSSR count). The molecule has 0 saturated heterocycles. The molecule has 1 atom stereocenters. The van der Waals surface area contributed by atoms with Crippen molar-refractivity contribution < 1.29 is 9.59 Å². The van der Waals surface area contributed by atoms with Crippen molar-refractivity contribution in [2.75, 3.05) is 0 Å². The van der Waals surface area contributed by atoms with Gasteiger partial charge in [0.25, 0.3) is 0 Å². The van der Waals surface area contributed by atoms with E-state index in [9.17, 15) is 9.59 Å². The van der Waals surface area contributed by atoms with Gasteiger partial charge in [0.15, 0.2) is 5.78 Å². The standard InChI is InChI=1S/C21H16ClNO2/c22-18-12-10-15(11-13-18)19(21(23)25)14-6-8-17(9-7-14)20(24)16-4-2-1-3-5-16/h1-13,19H,(H2,23,25)/t19-/m1/s1. The summed E-state index contributed by atoms with van der Waals surface area (Å²) in [5.74, 6) is -1.10. The van der Waals surface area contributed by atoms with Crippen molar-refractivity contribution in [1.82, 2.24) is 0 Å². The summed E-state index contributed by atoms with van der Waals surface area (Å²) < 4.78 is 0. The first-order chi connectivity index (χ1) is 12.1. The molecule has 1 amide bonds. The van der Waals surface area contributed by atoms with Crippen LogP contribution in [0.1, 0.15) is 33.0 Å². The van der Waals surface area contributed by atoms with Gasteiger partial charge in [-0.3, -0.25) is 9.59 Å². The number of halogens is 1. The topological polar surface area (TPSA) is 60.2 Å². The Kier molecular flexibility index (Phi) is 4.96. The van der Waals surface area contributed by atoms with Crippen LogP contribution >= 0.6 is 11.6 Å². The fourth-order valence-electron chi connectivity index (χ4n) is 2.76. The van der Waals surface area contributed by atoms with Gasteiger partial charge in [-0.25, -0.2) is 0 Å². The zero-order chi connectivity index (χ0) is 17.8. The highest BCUT2D eigenvalue weighted by Crippen LogP contribution is 2.26. The number of hydrogen-bond donors (Lipinski definition) is 1. The summed E-state index contributed by atoms with van der Waals surface area (Å²) >= 11 is 5.90. The van der Waals surface area contributed by atoms with Gasteiger partial charge in [0.2, 0.25) is 5.91 Å². The molecular weight excluding hydrogens is 334 g/mol. The minimum atomic E-state index is -0.585. The SMILES string of the molecule is NC(=O)[C@@H](c1ccc(Cl)cc1)c1ccc(C(=O)c2ccccc2)cc1. The third kappa shape index (κ3) is 3.78. The van der Waals surface area contributed by atoms with Crippen LogP contribution < -0.4 is 5.73 Å². The van der Waals surface area contributed by atoms with Crippen LogP contribution in [0.3, 0.4) is 0 Å². The van der Waals surface area contributed by atoms with Crippen LogP contribution in [0, 0.1) is 0 Å². The lowest BCUT2D eigenvalue weighted by molar-refractivity contribution is -0.118. The maximum absolute atomic E-state index is 12.5. The van der Waals surface area contributed by atoms with Gasteiger partial charge in [0.05, 0.1) is 5.92 Å². The Morgan fingerprint density at radius 1 is 0.720 bits per heavy atom. The minimum absolute atomic E-state index is 0.0609.